The zero-order valence-electron chi connectivity index (χ0n) is 9.63. The minimum Gasteiger partial charge on any atom is -0.325 e. The zero-order valence-corrected chi connectivity index (χ0v) is 9.63. The minimum absolute atomic E-state index is 0.0750. The van der Waals surface area contributed by atoms with Crippen molar-refractivity contribution in [3.63, 3.8) is 0 Å². The fraction of sp³-hybridized carbons (Fsp3) is 0.538. The van der Waals surface area contributed by atoms with Gasteiger partial charge in [-0.05, 0) is 26.7 Å². The highest BCUT2D eigenvalue weighted by Crippen LogP contribution is 2.66. The Bertz CT molecular complexity index is 375. The molecule has 0 atom stereocenters. The lowest BCUT2D eigenvalue weighted by Crippen LogP contribution is -2.50. The second kappa shape index (κ2) is 3.27. The van der Waals surface area contributed by atoms with E-state index in [-0.39, 0.29) is 5.56 Å². The van der Waals surface area contributed by atoms with E-state index in [0.717, 1.165) is 0 Å². The number of nitrogens with two attached hydrogens (primary N) is 1. The monoisotopic (exact) mass is 225 g/mol. The highest BCUT2D eigenvalue weighted by Gasteiger charge is 2.68. The fourth-order valence-electron chi connectivity index (χ4n) is 2.41. The van der Waals surface area contributed by atoms with Gasteiger partial charge in [0.25, 0.3) is 5.92 Å². The van der Waals surface area contributed by atoms with Crippen molar-refractivity contribution in [1.29, 1.82) is 0 Å². The number of hydrogen-bond donors (Lipinski definition) is 1. The largest absolute Gasteiger partial charge is 0.325 e. The topological polar surface area (TPSA) is 26.0 Å². The van der Waals surface area contributed by atoms with Crippen molar-refractivity contribution in [1.82, 2.24) is 0 Å². The van der Waals surface area contributed by atoms with Crippen molar-refractivity contribution in [2.75, 3.05) is 0 Å². The molecule has 0 saturated heterocycles. The molecule has 2 rings (SSSR count). The Morgan fingerprint density at radius 3 is 2.00 bits per heavy atom. The summed E-state index contributed by atoms with van der Waals surface area (Å²) in [6.07, 6.45) is 0.997. The third-order valence-electron chi connectivity index (χ3n) is 3.72. The molecule has 88 valence electrons. The lowest BCUT2D eigenvalue weighted by molar-refractivity contribution is -0.105. The number of hydrogen-bond acceptors (Lipinski definition) is 1. The third kappa shape index (κ3) is 1.46. The summed E-state index contributed by atoms with van der Waals surface area (Å²) in [6.45, 7) is 3.38. The molecule has 1 saturated carbocycles. The van der Waals surface area contributed by atoms with E-state index >= 15 is 0 Å². The lowest BCUT2D eigenvalue weighted by atomic mass is 9.77. The van der Waals surface area contributed by atoms with Crippen LogP contribution in [-0.2, 0) is 5.92 Å². The van der Waals surface area contributed by atoms with E-state index in [1.807, 2.05) is 0 Å². The predicted octanol–water partition coefficient (Wildman–Crippen LogP) is 3.30. The molecular formula is C13H17F2N. The van der Waals surface area contributed by atoms with Gasteiger partial charge in [-0.2, -0.15) is 0 Å². The van der Waals surface area contributed by atoms with Crippen LogP contribution in [0.15, 0.2) is 30.3 Å². The van der Waals surface area contributed by atoms with Crippen LogP contribution in [0.25, 0.3) is 0 Å². The highest BCUT2D eigenvalue weighted by atomic mass is 19.3. The van der Waals surface area contributed by atoms with Crippen LogP contribution in [-0.4, -0.2) is 5.54 Å². The summed E-state index contributed by atoms with van der Waals surface area (Å²) in [5.41, 5.74) is 4.07. The molecule has 1 aromatic carbocycles. The summed E-state index contributed by atoms with van der Waals surface area (Å²) in [6, 6.07) is 7.98. The zero-order chi connectivity index (χ0) is 12.0. The molecule has 0 unspecified atom stereocenters. The smallest absolute Gasteiger partial charge is 0.280 e. The molecule has 0 bridgehead atoms. The second-order valence-electron chi connectivity index (χ2n) is 5.24. The Balaban J connectivity index is 2.41. The van der Waals surface area contributed by atoms with E-state index in [2.05, 4.69) is 0 Å². The Morgan fingerprint density at radius 1 is 1.12 bits per heavy atom. The van der Waals surface area contributed by atoms with E-state index in [1.54, 1.807) is 32.0 Å². The average molecular weight is 225 g/mol. The molecule has 1 aliphatic rings. The number of rotatable bonds is 3. The first-order valence-corrected chi connectivity index (χ1v) is 5.53. The van der Waals surface area contributed by atoms with Gasteiger partial charge in [0, 0.05) is 11.1 Å². The summed E-state index contributed by atoms with van der Waals surface area (Å²) in [4.78, 5) is 0. The van der Waals surface area contributed by atoms with Crippen LogP contribution in [0.3, 0.4) is 0 Å². The van der Waals surface area contributed by atoms with Crippen molar-refractivity contribution in [2.45, 2.75) is 38.2 Å². The van der Waals surface area contributed by atoms with Gasteiger partial charge in [-0.1, -0.05) is 30.3 Å². The molecule has 1 aliphatic carbocycles. The molecular weight excluding hydrogens is 208 g/mol. The average Bonchev–Trinajstić information content (AvgIpc) is 2.98. The van der Waals surface area contributed by atoms with Crippen molar-refractivity contribution >= 4 is 0 Å². The molecule has 0 aliphatic heterocycles. The Morgan fingerprint density at radius 2 is 1.62 bits per heavy atom. The van der Waals surface area contributed by atoms with E-state index < -0.39 is 16.9 Å². The Hall–Kier alpha value is -0.960. The molecule has 0 radical (unpaired) electrons. The van der Waals surface area contributed by atoms with Crippen LogP contribution in [0, 0.1) is 5.41 Å². The van der Waals surface area contributed by atoms with Gasteiger partial charge in [-0.3, -0.25) is 0 Å². The van der Waals surface area contributed by atoms with Crippen LogP contribution in [0.4, 0.5) is 8.78 Å². The first kappa shape index (κ1) is 11.5. The van der Waals surface area contributed by atoms with Gasteiger partial charge in [0.2, 0.25) is 0 Å². The summed E-state index contributed by atoms with van der Waals surface area (Å²) < 4.78 is 28.8. The Kier molecular flexibility index (Phi) is 2.35. The summed E-state index contributed by atoms with van der Waals surface area (Å²) in [7, 11) is 0. The number of alkyl halides is 2. The van der Waals surface area contributed by atoms with Crippen LogP contribution in [0.5, 0.6) is 0 Å². The molecule has 0 heterocycles. The van der Waals surface area contributed by atoms with E-state index in [0.29, 0.717) is 12.8 Å². The van der Waals surface area contributed by atoms with Crippen LogP contribution >= 0.6 is 0 Å². The Labute approximate surface area is 94.7 Å². The fourth-order valence-corrected chi connectivity index (χ4v) is 2.41. The molecule has 0 spiro atoms. The predicted molar refractivity (Wildman–Crippen MR) is 60.3 cm³/mol. The molecule has 1 aromatic rings. The van der Waals surface area contributed by atoms with Gasteiger partial charge in [-0.15, -0.1) is 0 Å². The molecule has 0 amide bonds. The van der Waals surface area contributed by atoms with Gasteiger partial charge >= 0.3 is 0 Å². The first-order valence-electron chi connectivity index (χ1n) is 5.53. The van der Waals surface area contributed by atoms with Gasteiger partial charge in [0.1, 0.15) is 0 Å². The standard InChI is InChI=1S/C13H17F2N/c1-11(2,16)12(8-9-12)13(14,15)10-6-4-3-5-7-10/h3-7H,8-9,16H2,1-2H3. The number of benzene rings is 1. The van der Waals surface area contributed by atoms with Gasteiger partial charge in [0.15, 0.2) is 0 Å². The van der Waals surface area contributed by atoms with E-state index in [1.165, 1.54) is 12.1 Å². The van der Waals surface area contributed by atoms with Crippen molar-refractivity contribution in [2.24, 2.45) is 11.1 Å². The van der Waals surface area contributed by atoms with Crippen LogP contribution in [0.2, 0.25) is 0 Å². The second-order valence-corrected chi connectivity index (χ2v) is 5.24. The SMILES string of the molecule is CC(C)(N)C1(C(F)(F)c2ccccc2)CC1. The lowest BCUT2D eigenvalue weighted by Gasteiger charge is -2.37. The molecule has 1 nitrogen and oxygen atoms in total. The van der Waals surface area contributed by atoms with Gasteiger partial charge in [0.05, 0.1) is 5.41 Å². The maximum atomic E-state index is 14.4. The normalized spacial score (nSPS) is 19.6. The molecule has 0 aromatic heterocycles. The quantitative estimate of drug-likeness (QED) is 0.839. The van der Waals surface area contributed by atoms with Crippen molar-refractivity contribution < 1.29 is 8.78 Å². The number of halogens is 2. The highest BCUT2D eigenvalue weighted by molar-refractivity contribution is 5.28. The van der Waals surface area contributed by atoms with Crippen molar-refractivity contribution in [3.05, 3.63) is 35.9 Å². The van der Waals surface area contributed by atoms with Gasteiger partial charge < -0.3 is 5.73 Å². The minimum atomic E-state index is -2.84. The first-order chi connectivity index (χ1) is 7.31. The van der Waals surface area contributed by atoms with Crippen LogP contribution in [0.1, 0.15) is 32.3 Å². The summed E-state index contributed by atoms with van der Waals surface area (Å²) >= 11 is 0. The summed E-state index contributed by atoms with van der Waals surface area (Å²) in [5.74, 6) is -2.84. The molecule has 2 N–H and O–H groups in total. The van der Waals surface area contributed by atoms with Crippen molar-refractivity contribution in [3.8, 4) is 0 Å². The van der Waals surface area contributed by atoms with Gasteiger partial charge in [-0.25, -0.2) is 8.78 Å². The van der Waals surface area contributed by atoms with Crippen LogP contribution < -0.4 is 5.73 Å². The molecule has 3 heteroatoms. The maximum Gasteiger partial charge on any atom is 0.280 e. The summed E-state index contributed by atoms with van der Waals surface area (Å²) in [5, 5.41) is 0. The van der Waals surface area contributed by atoms with E-state index in [9.17, 15) is 8.78 Å². The maximum absolute atomic E-state index is 14.4. The molecule has 16 heavy (non-hydrogen) atoms. The molecule has 1 fully saturated rings. The van der Waals surface area contributed by atoms with E-state index in [4.69, 9.17) is 5.73 Å². The third-order valence-corrected chi connectivity index (χ3v) is 3.72.